The Kier molecular flexibility index (Phi) is 5.00. The first-order chi connectivity index (χ1) is 15.6. The van der Waals surface area contributed by atoms with E-state index in [1.54, 1.807) is 29.8 Å². The van der Waals surface area contributed by atoms with Crippen LogP contribution >= 0.6 is 11.3 Å². The zero-order valence-electron chi connectivity index (χ0n) is 17.1. The number of rotatable bonds is 5. The normalized spacial score (nSPS) is 10.9. The van der Waals surface area contributed by atoms with Crippen LogP contribution < -0.4 is 16.4 Å². The number of nitrogens with zero attached hydrogens (tertiary/aromatic N) is 4. The van der Waals surface area contributed by atoms with Gasteiger partial charge in [0.1, 0.15) is 5.65 Å². The molecule has 0 unspecified atom stereocenters. The standard InChI is InChI=1S/C23H19N7OS/c1-14-21(30-11-5-4-8-19(30)26-14)18-9-10-25-23(28-18)29-20-12-15(13-32-20)22(31)27-17-7-3-2-6-16(17)24/h2-13H,24H2,1H3,(H,27,31)(H,25,28,29). The smallest absolute Gasteiger partial charge is 0.256 e. The summed E-state index contributed by atoms with van der Waals surface area (Å²) >= 11 is 1.40. The van der Waals surface area contributed by atoms with Gasteiger partial charge in [0.15, 0.2) is 0 Å². The Balaban J connectivity index is 1.37. The first-order valence-electron chi connectivity index (χ1n) is 9.87. The molecule has 4 N–H and O–H groups in total. The molecule has 0 aliphatic rings. The van der Waals surface area contributed by atoms with Gasteiger partial charge < -0.3 is 16.4 Å². The third-order valence-electron chi connectivity index (χ3n) is 4.91. The number of anilines is 4. The van der Waals surface area contributed by atoms with Gasteiger partial charge in [-0.1, -0.05) is 18.2 Å². The molecule has 0 aliphatic heterocycles. The number of aromatic nitrogens is 4. The number of hydrogen-bond acceptors (Lipinski definition) is 7. The molecule has 0 bridgehead atoms. The highest BCUT2D eigenvalue weighted by atomic mass is 32.1. The van der Waals surface area contributed by atoms with E-state index >= 15 is 0 Å². The lowest BCUT2D eigenvalue weighted by atomic mass is 10.2. The average molecular weight is 442 g/mol. The number of carbonyl (C=O) groups is 1. The molecule has 0 radical (unpaired) electrons. The number of nitrogens with two attached hydrogens (primary N) is 1. The summed E-state index contributed by atoms with van der Waals surface area (Å²) in [7, 11) is 0. The third kappa shape index (κ3) is 3.77. The number of hydrogen-bond donors (Lipinski definition) is 3. The summed E-state index contributed by atoms with van der Waals surface area (Å²) in [5, 5.41) is 8.54. The number of fused-ring (bicyclic) bond motifs is 1. The van der Waals surface area contributed by atoms with Crippen LogP contribution in [-0.2, 0) is 0 Å². The van der Waals surface area contributed by atoms with Gasteiger partial charge in [-0.05, 0) is 43.3 Å². The number of benzene rings is 1. The second-order valence-corrected chi connectivity index (χ2v) is 8.02. The van der Waals surface area contributed by atoms with E-state index in [9.17, 15) is 4.79 Å². The van der Waals surface area contributed by atoms with Crippen LogP contribution in [0.25, 0.3) is 17.0 Å². The van der Waals surface area contributed by atoms with Crippen molar-refractivity contribution in [1.82, 2.24) is 19.4 Å². The molecule has 158 valence electrons. The number of thiophene rings is 1. The van der Waals surface area contributed by atoms with Gasteiger partial charge in [0.25, 0.3) is 5.91 Å². The second kappa shape index (κ2) is 8.12. The number of amides is 1. The lowest BCUT2D eigenvalue weighted by Crippen LogP contribution is -2.12. The first-order valence-corrected chi connectivity index (χ1v) is 10.7. The molecule has 0 spiro atoms. The van der Waals surface area contributed by atoms with Crippen LogP contribution in [0, 0.1) is 6.92 Å². The predicted molar refractivity (Wildman–Crippen MR) is 127 cm³/mol. The van der Waals surface area contributed by atoms with Crippen molar-refractivity contribution >= 4 is 45.2 Å². The van der Waals surface area contributed by atoms with E-state index in [2.05, 4.69) is 25.6 Å². The van der Waals surface area contributed by atoms with E-state index < -0.39 is 0 Å². The minimum atomic E-state index is -0.233. The summed E-state index contributed by atoms with van der Waals surface area (Å²) in [6.07, 6.45) is 3.66. The number of aryl methyl sites for hydroxylation is 1. The average Bonchev–Trinajstić information content (AvgIpc) is 3.39. The maximum Gasteiger partial charge on any atom is 0.256 e. The van der Waals surface area contributed by atoms with E-state index in [-0.39, 0.29) is 5.91 Å². The summed E-state index contributed by atoms with van der Waals surface area (Å²) < 4.78 is 2.00. The molecule has 8 nitrogen and oxygen atoms in total. The van der Waals surface area contributed by atoms with Crippen LogP contribution in [0.5, 0.6) is 0 Å². The Bertz CT molecular complexity index is 1440. The lowest BCUT2D eigenvalue weighted by molar-refractivity contribution is 0.102. The van der Waals surface area contributed by atoms with Gasteiger partial charge in [0.05, 0.1) is 39.0 Å². The van der Waals surface area contributed by atoms with E-state index in [4.69, 9.17) is 5.73 Å². The highest BCUT2D eigenvalue weighted by molar-refractivity contribution is 7.14. The highest BCUT2D eigenvalue weighted by Crippen LogP contribution is 2.27. The van der Waals surface area contributed by atoms with Crippen molar-refractivity contribution in [2.45, 2.75) is 6.92 Å². The Morgan fingerprint density at radius 3 is 2.81 bits per heavy atom. The number of imidazole rings is 1. The monoisotopic (exact) mass is 441 g/mol. The molecule has 0 aliphatic carbocycles. The minimum Gasteiger partial charge on any atom is -0.397 e. The Hall–Kier alpha value is -4.24. The zero-order valence-corrected chi connectivity index (χ0v) is 17.9. The van der Waals surface area contributed by atoms with Crippen LogP contribution in [0.3, 0.4) is 0 Å². The molecule has 9 heteroatoms. The number of nitrogens with one attached hydrogen (secondary N) is 2. The molecule has 0 atom stereocenters. The summed E-state index contributed by atoms with van der Waals surface area (Å²) in [6, 6.07) is 16.6. The number of nitrogen functional groups attached to an aromatic ring is 1. The molecule has 0 saturated heterocycles. The molecule has 4 heterocycles. The van der Waals surface area contributed by atoms with E-state index in [0.29, 0.717) is 22.9 Å². The van der Waals surface area contributed by atoms with Crippen LogP contribution in [0.2, 0.25) is 0 Å². The van der Waals surface area contributed by atoms with E-state index in [0.717, 1.165) is 27.7 Å². The third-order valence-corrected chi connectivity index (χ3v) is 5.75. The molecule has 32 heavy (non-hydrogen) atoms. The van der Waals surface area contributed by atoms with Crippen molar-refractivity contribution in [3.8, 4) is 11.4 Å². The van der Waals surface area contributed by atoms with Gasteiger partial charge in [-0.2, -0.15) is 0 Å². The van der Waals surface area contributed by atoms with Gasteiger partial charge in [-0.25, -0.2) is 15.0 Å². The quantitative estimate of drug-likeness (QED) is 0.340. The van der Waals surface area contributed by atoms with Crippen LogP contribution in [-0.4, -0.2) is 25.3 Å². The molecule has 1 amide bonds. The van der Waals surface area contributed by atoms with Crippen molar-refractivity contribution in [2.75, 3.05) is 16.4 Å². The van der Waals surface area contributed by atoms with Crippen LogP contribution in [0.1, 0.15) is 16.1 Å². The van der Waals surface area contributed by atoms with Crippen molar-refractivity contribution in [1.29, 1.82) is 0 Å². The van der Waals surface area contributed by atoms with Gasteiger partial charge in [0.2, 0.25) is 5.95 Å². The van der Waals surface area contributed by atoms with Crippen molar-refractivity contribution in [3.63, 3.8) is 0 Å². The molecular weight excluding hydrogens is 422 g/mol. The molecule has 5 rings (SSSR count). The van der Waals surface area contributed by atoms with Crippen molar-refractivity contribution in [2.24, 2.45) is 0 Å². The number of carbonyl (C=O) groups excluding carboxylic acids is 1. The molecule has 0 saturated carbocycles. The van der Waals surface area contributed by atoms with Gasteiger partial charge in [0, 0.05) is 17.8 Å². The van der Waals surface area contributed by atoms with Crippen molar-refractivity contribution < 1.29 is 4.79 Å². The Morgan fingerprint density at radius 2 is 1.94 bits per heavy atom. The highest BCUT2D eigenvalue weighted by Gasteiger charge is 2.14. The maximum absolute atomic E-state index is 12.6. The Labute approximate surface area is 187 Å². The van der Waals surface area contributed by atoms with Crippen LogP contribution in [0.4, 0.5) is 22.3 Å². The molecule has 5 aromatic rings. The summed E-state index contributed by atoms with van der Waals surface area (Å²) in [5.41, 5.74) is 10.9. The lowest BCUT2D eigenvalue weighted by Gasteiger charge is -2.07. The predicted octanol–water partition coefficient (Wildman–Crippen LogP) is 4.74. The molecular formula is C23H19N7OS. The molecule has 0 fully saturated rings. The fourth-order valence-electron chi connectivity index (χ4n) is 3.41. The molecule has 1 aromatic carbocycles. The SMILES string of the molecule is Cc1nc2ccccn2c1-c1ccnc(Nc2cc(C(=O)Nc3ccccc3N)cs2)n1. The summed E-state index contributed by atoms with van der Waals surface area (Å²) in [5.74, 6) is 0.206. The molecule has 4 aromatic heterocycles. The zero-order chi connectivity index (χ0) is 22.1. The second-order valence-electron chi connectivity index (χ2n) is 7.11. The summed E-state index contributed by atoms with van der Waals surface area (Å²) in [4.78, 5) is 26.2. The maximum atomic E-state index is 12.6. The topological polar surface area (TPSA) is 110 Å². The minimum absolute atomic E-state index is 0.233. The van der Waals surface area contributed by atoms with Gasteiger partial charge in [-0.3, -0.25) is 9.20 Å². The fourth-order valence-corrected chi connectivity index (χ4v) is 4.18. The Morgan fingerprint density at radius 1 is 1.09 bits per heavy atom. The van der Waals surface area contributed by atoms with Crippen molar-refractivity contribution in [3.05, 3.63) is 83.6 Å². The largest absolute Gasteiger partial charge is 0.397 e. The first kappa shape index (κ1) is 19.7. The van der Waals surface area contributed by atoms with E-state index in [1.165, 1.54) is 11.3 Å². The number of pyridine rings is 1. The number of para-hydroxylation sites is 2. The van der Waals surface area contributed by atoms with Gasteiger partial charge in [-0.15, -0.1) is 11.3 Å². The summed E-state index contributed by atoms with van der Waals surface area (Å²) in [6.45, 7) is 1.96. The van der Waals surface area contributed by atoms with E-state index in [1.807, 2.05) is 53.9 Å². The van der Waals surface area contributed by atoms with Crippen LogP contribution in [0.15, 0.2) is 72.4 Å². The fraction of sp³-hybridized carbons (Fsp3) is 0.0435. The van der Waals surface area contributed by atoms with Gasteiger partial charge >= 0.3 is 0 Å².